The molecule has 0 amide bonds. The number of H-pyrrole nitrogens is 1. The number of piperidine rings is 1. The van der Waals surface area contributed by atoms with E-state index in [1.807, 2.05) is 6.20 Å². The smallest absolute Gasteiger partial charge is 0.176 e. The first kappa shape index (κ1) is 17.1. The van der Waals surface area contributed by atoms with Crippen molar-refractivity contribution in [2.24, 2.45) is 0 Å². The first-order valence-electron chi connectivity index (χ1n) is 9.29. The van der Waals surface area contributed by atoms with Crippen LogP contribution >= 0.6 is 0 Å². The van der Waals surface area contributed by atoms with Gasteiger partial charge in [0.15, 0.2) is 17.4 Å². The van der Waals surface area contributed by atoms with Crippen molar-refractivity contribution in [3.05, 3.63) is 60.1 Å². The van der Waals surface area contributed by atoms with E-state index >= 15 is 0 Å². The fourth-order valence-electron chi connectivity index (χ4n) is 3.92. The molecular formula is C21H18F2N4O. The zero-order chi connectivity index (χ0) is 19.1. The Morgan fingerprint density at radius 3 is 2.75 bits per heavy atom. The molecule has 1 fully saturated rings. The number of pyridine rings is 1. The lowest BCUT2D eigenvalue weighted by atomic mass is 9.90. The van der Waals surface area contributed by atoms with Crippen LogP contribution in [0.25, 0.3) is 33.5 Å². The van der Waals surface area contributed by atoms with Gasteiger partial charge in [-0.2, -0.15) is 0 Å². The summed E-state index contributed by atoms with van der Waals surface area (Å²) in [6.07, 6.45) is 7.22. The highest BCUT2D eigenvalue weighted by Gasteiger charge is 2.22. The van der Waals surface area contributed by atoms with Gasteiger partial charge in [0, 0.05) is 28.9 Å². The molecule has 0 saturated carbocycles. The Bertz CT molecular complexity index is 1140. The summed E-state index contributed by atoms with van der Waals surface area (Å²) >= 11 is 0. The summed E-state index contributed by atoms with van der Waals surface area (Å²) in [5, 5.41) is 8.09. The van der Waals surface area contributed by atoms with Gasteiger partial charge in [0.2, 0.25) is 0 Å². The van der Waals surface area contributed by atoms with Gasteiger partial charge in [-0.3, -0.25) is 0 Å². The predicted octanol–water partition coefficient (Wildman–Crippen LogP) is 4.63. The predicted molar refractivity (Wildman–Crippen MR) is 102 cm³/mol. The van der Waals surface area contributed by atoms with Crippen LogP contribution < -0.4 is 5.32 Å². The molecule has 7 heteroatoms. The number of hydrogen-bond acceptors (Lipinski definition) is 4. The van der Waals surface area contributed by atoms with Gasteiger partial charge >= 0.3 is 0 Å². The SMILES string of the molecule is Fc1cccc(-c2cnoc2-c2c[nH]c3ncc(C4CCNCC4)cc23)c1F. The molecule has 28 heavy (non-hydrogen) atoms. The van der Waals surface area contributed by atoms with Gasteiger partial charge in [-0.15, -0.1) is 0 Å². The average Bonchev–Trinajstić information content (AvgIpc) is 3.37. The Hall–Kier alpha value is -3.06. The Kier molecular flexibility index (Phi) is 4.16. The van der Waals surface area contributed by atoms with Crippen LogP contribution in [0.1, 0.15) is 24.3 Å². The molecule has 0 aliphatic carbocycles. The van der Waals surface area contributed by atoms with Crippen LogP contribution in [0, 0.1) is 11.6 Å². The minimum atomic E-state index is -0.916. The second-order valence-electron chi connectivity index (χ2n) is 7.06. The van der Waals surface area contributed by atoms with E-state index in [2.05, 4.69) is 26.5 Å². The van der Waals surface area contributed by atoms with Gasteiger partial charge in [-0.1, -0.05) is 17.3 Å². The van der Waals surface area contributed by atoms with Crippen molar-refractivity contribution in [3.63, 3.8) is 0 Å². The highest BCUT2D eigenvalue weighted by molar-refractivity contribution is 5.96. The molecule has 1 aliphatic heterocycles. The van der Waals surface area contributed by atoms with Gasteiger partial charge < -0.3 is 14.8 Å². The van der Waals surface area contributed by atoms with Crippen molar-refractivity contribution in [1.29, 1.82) is 0 Å². The summed E-state index contributed by atoms with van der Waals surface area (Å²) in [7, 11) is 0. The van der Waals surface area contributed by atoms with E-state index in [0.717, 1.165) is 48.6 Å². The third-order valence-electron chi connectivity index (χ3n) is 5.42. The van der Waals surface area contributed by atoms with Crippen molar-refractivity contribution in [2.75, 3.05) is 13.1 Å². The van der Waals surface area contributed by atoms with Gasteiger partial charge in [-0.05, 0) is 49.5 Å². The zero-order valence-corrected chi connectivity index (χ0v) is 15.0. The Morgan fingerprint density at radius 2 is 1.89 bits per heavy atom. The van der Waals surface area contributed by atoms with Crippen molar-refractivity contribution < 1.29 is 13.3 Å². The van der Waals surface area contributed by atoms with Gasteiger partial charge in [0.25, 0.3) is 0 Å². The van der Waals surface area contributed by atoms with Crippen LogP contribution in [0.5, 0.6) is 0 Å². The number of nitrogens with zero attached hydrogens (tertiary/aromatic N) is 2. The molecule has 1 aliphatic rings. The van der Waals surface area contributed by atoms with Crippen LogP contribution in [-0.2, 0) is 0 Å². The van der Waals surface area contributed by atoms with E-state index in [1.165, 1.54) is 23.9 Å². The average molecular weight is 380 g/mol. The molecule has 5 nitrogen and oxygen atoms in total. The van der Waals surface area contributed by atoms with Crippen molar-refractivity contribution in [1.82, 2.24) is 20.4 Å². The van der Waals surface area contributed by atoms with Crippen LogP contribution in [0.3, 0.4) is 0 Å². The molecular weight excluding hydrogens is 362 g/mol. The molecule has 3 aromatic heterocycles. The number of aromatic nitrogens is 3. The second-order valence-corrected chi connectivity index (χ2v) is 7.06. The van der Waals surface area contributed by atoms with E-state index in [-0.39, 0.29) is 5.56 Å². The molecule has 1 saturated heterocycles. The normalized spacial score (nSPS) is 15.4. The Balaban J connectivity index is 1.63. The number of halogens is 2. The van der Waals surface area contributed by atoms with Gasteiger partial charge in [-0.25, -0.2) is 13.8 Å². The van der Waals surface area contributed by atoms with Gasteiger partial charge in [0.05, 0.1) is 11.8 Å². The molecule has 0 atom stereocenters. The molecule has 2 N–H and O–H groups in total. The monoisotopic (exact) mass is 380 g/mol. The number of aromatic amines is 1. The van der Waals surface area contributed by atoms with Crippen molar-refractivity contribution >= 4 is 11.0 Å². The summed E-state index contributed by atoms with van der Waals surface area (Å²) in [4.78, 5) is 7.68. The number of hydrogen-bond donors (Lipinski definition) is 2. The molecule has 0 spiro atoms. The summed E-state index contributed by atoms with van der Waals surface area (Å²) in [5.41, 5.74) is 3.15. The van der Waals surface area contributed by atoms with Crippen LogP contribution in [0.15, 0.2) is 47.4 Å². The third kappa shape index (κ3) is 2.79. The largest absolute Gasteiger partial charge is 0.356 e. The first-order valence-corrected chi connectivity index (χ1v) is 9.29. The van der Waals surface area contributed by atoms with Crippen molar-refractivity contribution in [2.45, 2.75) is 18.8 Å². The topological polar surface area (TPSA) is 66.7 Å². The standard InChI is InChI=1S/C21H18F2N4O/c22-18-3-1-2-14(19(18)23)17-11-27-28-20(17)16-10-26-21-15(16)8-13(9-25-21)12-4-6-24-7-5-12/h1-3,8-12,24H,4-7H2,(H,25,26). The Morgan fingerprint density at radius 1 is 1.04 bits per heavy atom. The molecule has 0 bridgehead atoms. The number of fused-ring (bicyclic) bond motifs is 1. The Labute approximate surface area is 159 Å². The quantitative estimate of drug-likeness (QED) is 0.544. The maximum absolute atomic E-state index is 14.3. The fraction of sp³-hybridized carbons (Fsp3) is 0.238. The third-order valence-corrected chi connectivity index (χ3v) is 5.42. The number of nitrogens with one attached hydrogen (secondary N) is 2. The number of benzene rings is 1. The molecule has 4 aromatic rings. The van der Waals surface area contributed by atoms with Crippen LogP contribution in [0.2, 0.25) is 0 Å². The lowest BCUT2D eigenvalue weighted by Gasteiger charge is -2.22. The summed E-state index contributed by atoms with van der Waals surface area (Å²) in [6.45, 7) is 1.99. The summed E-state index contributed by atoms with van der Waals surface area (Å²) in [5.74, 6) is -0.977. The first-order chi connectivity index (χ1) is 13.7. The van der Waals surface area contributed by atoms with E-state index in [0.29, 0.717) is 17.2 Å². The molecule has 0 unspecified atom stereocenters. The fourth-order valence-corrected chi connectivity index (χ4v) is 3.92. The lowest BCUT2D eigenvalue weighted by molar-refractivity contribution is 0.432. The highest BCUT2D eigenvalue weighted by atomic mass is 19.2. The summed E-state index contributed by atoms with van der Waals surface area (Å²) < 4.78 is 33.5. The molecule has 1 aromatic carbocycles. The van der Waals surface area contributed by atoms with E-state index in [4.69, 9.17) is 4.52 Å². The summed E-state index contributed by atoms with van der Waals surface area (Å²) in [6, 6.07) is 6.18. The minimum absolute atomic E-state index is 0.119. The maximum Gasteiger partial charge on any atom is 0.176 e. The van der Waals surface area contributed by atoms with E-state index < -0.39 is 11.6 Å². The van der Waals surface area contributed by atoms with Gasteiger partial charge in [0.1, 0.15) is 5.65 Å². The van der Waals surface area contributed by atoms with Crippen LogP contribution in [0.4, 0.5) is 8.78 Å². The molecule has 142 valence electrons. The minimum Gasteiger partial charge on any atom is -0.356 e. The zero-order valence-electron chi connectivity index (χ0n) is 15.0. The van der Waals surface area contributed by atoms with E-state index in [1.54, 1.807) is 6.20 Å². The number of rotatable bonds is 3. The second kappa shape index (κ2) is 6.83. The maximum atomic E-state index is 14.3. The molecule has 5 rings (SSSR count). The van der Waals surface area contributed by atoms with E-state index in [9.17, 15) is 8.78 Å². The van der Waals surface area contributed by atoms with Crippen LogP contribution in [-0.4, -0.2) is 28.2 Å². The van der Waals surface area contributed by atoms with Crippen molar-refractivity contribution in [3.8, 4) is 22.5 Å². The lowest BCUT2D eigenvalue weighted by Crippen LogP contribution is -2.26. The highest BCUT2D eigenvalue weighted by Crippen LogP contribution is 2.38. The molecule has 0 radical (unpaired) electrons. The molecule has 4 heterocycles.